The molecular formula is C21H35N5O3S. The number of nitrogens with zero attached hydrogens (tertiary/aromatic N) is 3. The monoisotopic (exact) mass is 437 g/mol. The van der Waals surface area contributed by atoms with Gasteiger partial charge in [0.1, 0.15) is 0 Å². The van der Waals surface area contributed by atoms with Gasteiger partial charge in [0.25, 0.3) is 0 Å². The van der Waals surface area contributed by atoms with Crippen LogP contribution in [0.3, 0.4) is 0 Å². The van der Waals surface area contributed by atoms with Crippen molar-refractivity contribution in [2.75, 3.05) is 72.1 Å². The largest absolute Gasteiger partial charge is 0.379 e. The Hall–Kier alpha value is -1.52. The molecule has 2 atom stereocenters. The summed E-state index contributed by atoms with van der Waals surface area (Å²) in [6.45, 7) is 13.6. The molecule has 2 N–H and O–H groups in total. The van der Waals surface area contributed by atoms with Gasteiger partial charge in [-0.05, 0) is 24.9 Å². The number of likely N-dealkylation sites (N-methyl/N-ethyl adjacent to an activating group) is 1. The van der Waals surface area contributed by atoms with E-state index in [0.717, 1.165) is 65.6 Å². The molecule has 3 rings (SSSR count). The fourth-order valence-electron chi connectivity index (χ4n) is 4.14. The first-order valence-electron chi connectivity index (χ1n) is 11.0. The van der Waals surface area contributed by atoms with E-state index in [9.17, 15) is 9.59 Å². The van der Waals surface area contributed by atoms with Crippen molar-refractivity contribution in [3.63, 3.8) is 0 Å². The third-order valence-electron chi connectivity index (χ3n) is 5.94. The summed E-state index contributed by atoms with van der Waals surface area (Å²) in [5.74, 6) is -1.12. The van der Waals surface area contributed by atoms with Crippen LogP contribution in [0.2, 0.25) is 0 Å². The summed E-state index contributed by atoms with van der Waals surface area (Å²) in [6, 6.07) is 4.08. The number of piperazine rings is 1. The number of thiophene rings is 1. The minimum atomic E-state index is -0.559. The smallest absolute Gasteiger partial charge is 0.309 e. The first kappa shape index (κ1) is 23.1. The van der Waals surface area contributed by atoms with Crippen molar-refractivity contribution in [3.05, 3.63) is 22.4 Å². The van der Waals surface area contributed by atoms with E-state index in [1.165, 1.54) is 4.88 Å². The van der Waals surface area contributed by atoms with Crippen LogP contribution in [0.1, 0.15) is 24.8 Å². The maximum Gasteiger partial charge on any atom is 0.309 e. The summed E-state index contributed by atoms with van der Waals surface area (Å²) < 4.78 is 5.33. The number of amides is 2. The van der Waals surface area contributed by atoms with Crippen molar-refractivity contribution in [2.24, 2.45) is 0 Å². The molecule has 30 heavy (non-hydrogen) atoms. The Balaban J connectivity index is 1.50. The predicted octanol–water partition coefficient (Wildman–Crippen LogP) is 0.380. The molecule has 9 heteroatoms. The van der Waals surface area contributed by atoms with E-state index < -0.39 is 11.8 Å². The van der Waals surface area contributed by atoms with Crippen LogP contribution in [-0.2, 0) is 14.3 Å². The van der Waals surface area contributed by atoms with E-state index in [1.807, 2.05) is 13.0 Å². The van der Waals surface area contributed by atoms with Crippen LogP contribution in [0.25, 0.3) is 0 Å². The van der Waals surface area contributed by atoms with E-state index in [-0.39, 0.29) is 12.1 Å². The van der Waals surface area contributed by atoms with Crippen molar-refractivity contribution in [1.29, 1.82) is 0 Å². The van der Waals surface area contributed by atoms with Gasteiger partial charge in [-0.2, -0.15) is 0 Å². The van der Waals surface area contributed by atoms with E-state index in [1.54, 1.807) is 11.3 Å². The highest BCUT2D eigenvalue weighted by molar-refractivity contribution is 7.10. The minimum absolute atomic E-state index is 0.0779. The van der Waals surface area contributed by atoms with Crippen molar-refractivity contribution in [3.8, 4) is 0 Å². The fraction of sp³-hybridized carbons (Fsp3) is 0.714. The number of rotatable bonds is 8. The molecule has 0 aliphatic carbocycles. The number of morpholine rings is 1. The lowest BCUT2D eigenvalue weighted by atomic mass is 10.0. The van der Waals surface area contributed by atoms with E-state index >= 15 is 0 Å². The maximum atomic E-state index is 12.5. The first-order valence-corrected chi connectivity index (χ1v) is 11.8. The molecule has 2 aliphatic rings. The van der Waals surface area contributed by atoms with Gasteiger partial charge in [-0.15, -0.1) is 11.3 Å². The normalized spacial score (nSPS) is 21.1. The van der Waals surface area contributed by atoms with Gasteiger partial charge >= 0.3 is 11.8 Å². The molecule has 0 bridgehead atoms. The summed E-state index contributed by atoms with van der Waals surface area (Å²) in [7, 11) is 0. The average Bonchev–Trinajstić information content (AvgIpc) is 3.29. The summed E-state index contributed by atoms with van der Waals surface area (Å²) >= 11 is 1.70. The molecule has 2 saturated heterocycles. The van der Waals surface area contributed by atoms with Crippen LogP contribution >= 0.6 is 11.3 Å². The van der Waals surface area contributed by atoms with Crippen LogP contribution in [0.5, 0.6) is 0 Å². The molecule has 0 aromatic carbocycles. The Morgan fingerprint density at radius 2 is 1.83 bits per heavy atom. The second-order valence-corrected chi connectivity index (χ2v) is 8.88. The molecular weight excluding hydrogens is 402 g/mol. The Kier molecular flexibility index (Phi) is 9.07. The van der Waals surface area contributed by atoms with E-state index in [0.29, 0.717) is 6.54 Å². The molecule has 168 valence electrons. The van der Waals surface area contributed by atoms with Gasteiger partial charge < -0.3 is 20.3 Å². The van der Waals surface area contributed by atoms with E-state index in [4.69, 9.17) is 4.74 Å². The lowest BCUT2D eigenvalue weighted by Gasteiger charge is -2.41. The zero-order valence-corrected chi connectivity index (χ0v) is 19.0. The highest BCUT2D eigenvalue weighted by Gasteiger charge is 2.31. The number of nitrogens with one attached hydrogen (secondary N) is 2. The van der Waals surface area contributed by atoms with Gasteiger partial charge in [-0.25, -0.2) is 0 Å². The topological polar surface area (TPSA) is 77.1 Å². The number of hydrogen-bond acceptors (Lipinski definition) is 7. The zero-order chi connectivity index (χ0) is 21.3. The first-order chi connectivity index (χ1) is 14.6. The SMILES string of the molecule is CCN1CCN([C@H](c2cccs2)[C@@H](C)NC(=O)C(=O)NCCN2CCOCC2)CC1. The van der Waals surface area contributed by atoms with Crippen LogP contribution in [0, 0.1) is 0 Å². The molecule has 3 heterocycles. The second-order valence-electron chi connectivity index (χ2n) is 7.90. The molecule has 2 aliphatic heterocycles. The van der Waals surface area contributed by atoms with Crippen molar-refractivity contribution in [1.82, 2.24) is 25.3 Å². The summed E-state index contributed by atoms with van der Waals surface area (Å²) in [5, 5.41) is 7.76. The molecule has 0 unspecified atom stereocenters. The van der Waals surface area contributed by atoms with Crippen LogP contribution in [0.4, 0.5) is 0 Å². The lowest BCUT2D eigenvalue weighted by Crippen LogP contribution is -2.53. The standard InChI is InChI=1S/C21H35N5O3S/c1-3-24-8-10-26(11-9-24)19(18-5-4-16-30-18)17(2)23-21(28)20(27)22-6-7-25-12-14-29-15-13-25/h4-5,16-17,19H,3,6-15H2,1-2H3,(H,22,27)(H,23,28)/t17-,19+/m1/s1. The number of hydrogen-bond donors (Lipinski definition) is 2. The molecule has 1 aromatic heterocycles. The van der Waals surface area contributed by atoms with Gasteiger partial charge in [0.2, 0.25) is 0 Å². The van der Waals surface area contributed by atoms with Gasteiger partial charge in [0.15, 0.2) is 0 Å². The number of ether oxygens (including phenoxy) is 1. The van der Waals surface area contributed by atoms with Crippen molar-refractivity contribution in [2.45, 2.75) is 25.9 Å². The highest BCUT2D eigenvalue weighted by atomic mass is 32.1. The predicted molar refractivity (Wildman–Crippen MR) is 119 cm³/mol. The third-order valence-corrected chi connectivity index (χ3v) is 6.88. The quantitative estimate of drug-likeness (QED) is 0.573. The Morgan fingerprint density at radius 3 is 2.47 bits per heavy atom. The Bertz CT molecular complexity index is 658. The molecule has 1 aromatic rings. The zero-order valence-electron chi connectivity index (χ0n) is 18.1. The molecule has 8 nitrogen and oxygen atoms in total. The summed E-state index contributed by atoms with van der Waals surface area (Å²) in [5.41, 5.74) is 0. The lowest BCUT2D eigenvalue weighted by molar-refractivity contribution is -0.139. The number of carbonyl (C=O) groups excluding carboxylic acids is 2. The van der Waals surface area contributed by atoms with Crippen molar-refractivity contribution >= 4 is 23.2 Å². The van der Waals surface area contributed by atoms with Crippen LogP contribution in [0.15, 0.2) is 17.5 Å². The number of carbonyl (C=O) groups is 2. The second kappa shape index (κ2) is 11.8. The van der Waals surface area contributed by atoms with Crippen LogP contribution < -0.4 is 10.6 Å². The van der Waals surface area contributed by atoms with Crippen LogP contribution in [-0.4, -0.2) is 105 Å². The highest BCUT2D eigenvalue weighted by Crippen LogP contribution is 2.29. The minimum Gasteiger partial charge on any atom is -0.379 e. The molecule has 2 amide bonds. The Labute approximate surface area is 183 Å². The molecule has 0 radical (unpaired) electrons. The molecule has 0 saturated carbocycles. The van der Waals surface area contributed by atoms with Gasteiger partial charge in [-0.1, -0.05) is 13.0 Å². The van der Waals surface area contributed by atoms with Gasteiger partial charge in [-0.3, -0.25) is 19.4 Å². The molecule has 0 spiro atoms. The third kappa shape index (κ3) is 6.49. The van der Waals surface area contributed by atoms with E-state index in [2.05, 4.69) is 43.7 Å². The van der Waals surface area contributed by atoms with Crippen molar-refractivity contribution < 1.29 is 14.3 Å². The van der Waals surface area contributed by atoms with Gasteiger partial charge in [0, 0.05) is 63.3 Å². The van der Waals surface area contributed by atoms with Gasteiger partial charge in [0.05, 0.1) is 19.3 Å². The Morgan fingerprint density at radius 1 is 1.10 bits per heavy atom. The molecule has 2 fully saturated rings. The summed E-state index contributed by atoms with van der Waals surface area (Å²) in [4.78, 5) is 33.1. The summed E-state index contributed by atoms with van der Waals surface area (Å²) in [6.07, 6.45) is 0. The maximum absolute atomic E-state index is 12.5. The average molecular weight is 438 g/mol. The fourth-order valence-corrected chi connectivity index (χ4v) is 5.11.